The topological polar surface area (TPSA) is 190 Å². The van der Waals surface area contributed by atoms with E-state index in [0.29, 0.717) is 32.4 Å². The van der Waals surface area contributed by atoms with Crippen LogP contribution in [-0.4, -0.2) is 102 Å². The molecule has 4 unspecified atom stereocenters. The van der Waals surface area contributed by atoms with Gasteiger partial charge in [0.15, 0.2) is 0 Å². The van der Waals surface area contributed by atoms with Crippen LogP contribution < -0.4 is 26.3 Å². The summed E-state index contributed by atoms with van der Waals surface area (Å²) >= 11 is 16.1. The number of thiophene rings is 1. The van der Waals surface area contributed by atoms with Crippen LogP contribution in [0.3, 0.4) is 0 Å². The number of fused-ring (bicyclic) bond motifs is 2. The van der Waals surface area contributed by atoms with E-state index in [2.05, 4.69) is 16.0 Å². The monoisotopic (exact) mass is 834 g/mol. The zero-order chi connectivity index (χ0) is 38.4. The number of aromatic carboxylic acids is 1. The molecular weight excluding hydrogens is 803 g/mol. The van der Waals surface area contributed by atoms with Crippen molar-refractivity contribution in [1.29, 1.82) is 0 Å². The van der Waals surface area contributed by atoms with Crippen LogP contribution in [0.4, 0.5) is 10.1 Å². The molecule has 4 aliphatic rings. The third-order valence-corrected chi connectivity index (χ3v) is 13.4. The number of anilines is 1. The van der Waals surface area contributed by atoms with Crippen LogP contribution in [0, 0.1) is 5.82 Å². The van der Waals surface area contributed by atoms with Gasteiger partial charge in [-0.15, -0.1) is 23.1 Å². The van der Waals surface area contributed by atoms with Crippen molar-refractivity contribution in [1.82, 2.24) is 25.4 Å². The van der Waals surface area contributed by atoms with Crippen LogP contribution >= 0.6 is 58.7 Å². The second-order valence-corrected chi connectivity index (χ2v) is 17.5. The minimum atomic E-state index is -1.44. The van der Waals surface area contributed by atoms with Crippen LogP contribution in [0.5, 0.6) is 0 Å². The molecule has 0 radical (unpaired) electrons. The minimum absolute atomic E-state index is 0.0965. The molecule has 0 spiro atoms. The molecule has 0 bridgehead atoms. The lowest BCUT2D eigenvalue weighted by Crippen LogP contribution is -2.71. The predicted molar refractivity (Wildman–Crippen MR) is 208 cm³/mol. The molecule has 1 saturated carbocycles. The number of rotatable bonds is 12. The third-order valence-electron chi connectivity index (χ3n) is 9.45. The number of thioether (sulfide) groups is 2. The summed E-state index contributed by atoms with van der Waals surface area (Å²) in [7, 11) is 0. The number of carbonyl (C=O) groups is 5. The molecule has 3 fully saturated rings. The van der Waals surface area contributed by atoms with Crippen LogP contribution in [0.25, 0.3) is 10.9 Å². The van der Waals surface area contributed by atoms with Crippen molar-refractivity contribution in [3.63, 3.8) is 0 Å². The van der Waals surface area contributed by atoms with Gasteiger partial charge in [0.2, 0.25) is 17.2 Å². The Balaban J connectivity index is 1.04. The summed E-state index contributed by atoms with van der Waals surface area (Å²) in [5.41, 5.74) is -1.62. The van der Waals surface area contributed by atoms with Crippen molar-refractivity contribution in [2.24, 2.45) is 0 Å². The molecule has 20 heteroatoms. The lowest BCUT2D eigenvalue weighted by atomic mass is 10.0. The fourth-order valence-electron chi connectivity index (χ4n) is 6.79. The highest BCUT2D eigenvalue weighted by Crippen LogP contribution is 2.43. The first-order chi connectivity index (χ1) is 25.8. The third kappa shape index (κ3) is 7.48. The van der Waals surface area contributed by atoms with Crippen molar-refractivity contribution >= 4 is 109 Å². The Labute approximate surface area is 329 Å². The summed E-state index contributed by atoms with van der Waals surface area (Å²) in [5, 5.41) is 28.8. The number of carbonyl (C=O) groups excluding carboxylic acids is 3. The smallest absolute Gasteiger partial charge is 0.352 e. The summed E-state index contributed by atoms with van der Waals surface area (Å²) in [6, 6.07) is 3.07. The molecule has 54 heavy (non-hydrogen) atoms. The van der Waals surface area contributed by atoms with Crippen LogP contribution in [0.15, 0.2) is 46.3 Å². The summed E-state index contributed by atoms with van der Waals surface area (Å²) in [6.07, 6.45) is 4.69. The van der Waals surface area contributed by atoms with Crippen LogP contribution in [0.2, 0.25) is 5.02 Å². The molecule has 14 nitrogen and oxygen atoms in total. The summed E-state index contributed by atoms with van der Waals surface area (Å²) in [4.78, 5) is 79.8. The zero-order valence-corrected chi connectivity index (χ0v) is 32.1. The molecule has 1 aromatic carbocycles. The maximum atomic E-state index is 16.1. The average Bonchev–Trinajstić information content (AvgIpc) is 3.58. The van der Waals surface area contributed by atoms with Crippen molar-refractivity contribution in [3.8, 4) is 0 Å². The van der Waals surface area contributed by atoms with Gasteiger partial charge in [-0.3, -0.25) is 24.1 Å². The molecular formula is C34H32ClFN6O8S4. The van der Waals surface area contributed by atoms with Crippen LogP contribution in [0.1, 0.15) is 40.5 Å². The number of carboxylic acid groups (broad SMARTS) is 2. The maximum Gasteiger partial charge on any atom is 0.352 e. The van der Waals surface area contributed by atoms with E-state index in [-0.39, 0.29) is 62.3 Å². The zero-order valence-electron chi connectivity index (χ0n) is 28.1. The van der Waals surface area contributed by atoms with E-state index < -0.39 is 63.3 Å². The van der Waals surface area contributed by atoms with Crippen molar-refractivity contribution in [2.45, 2.75) is 54.4 Å². The Morgan fingerprint density at radius 1 is 1.17 bits per heavy atom. The molecule has 5 N–H and O–H groups in total. The lowest BCUT2D eigenvalue weighted by Gasteiger charge is -2.49. The maximum absolute atomic E-state index is 16.1. The molecule has 3 amide bonds. The number of β-lactam (4-membered cyclic amide) rings is 1. The second-order valence-electron chi connectivity index (χ2n) is 13.0. The van der Waals surface area contributed by atoms with E-state index in [0.717, 1.165) is 27.6 Å². The van der Waals surface area contributed by atoms with Gasteiger partial charge in [-0.25, -0.2) is 14.0 Å². The van der Waals surface area contributed by atoms with Gasteiger partial charge >= 0.3 is 11.9 Å². The van der Waals surface area contributed by atoms with Gasteiger partial charge in [-0.1, -0.05) is 41.6 Å². The molecule has 284 valence electrons. The molecule has 5 heterocycles. The standard InChI is InChI=1S/C34H32ClFN6O8S4/c35-25-27-19(29(45)20(32(47)48)13-40(27)15-3-4-15)10-21(36)28(25)41(16-5-6-37-11-16)24(44)14-53-34(51)38-12-18-8-22(33(49)50)42-30(46)26(31(42)54-18)39-23(43)9-17-2-1-7-52-17/h1-2,7-8,10,13,15-16,18,26,31,37H,3-6,9,11-12,14H2,(H,38,51)(H,39,43)(H,47,48)(H,49,50). The molecule has 3 aromatic rings. The fraction of sp³-hybridized carbons (Fsp3) is 0.382. The summed E-state index contributed by atoms with van der Waals surface area (Å²) in [6.45, 7) is 1.07. The van der Waals surface area contributed by atoms with Crippen molar-refractivity contribution < 1.29 is 38.6 Å². The number of benzene rings is 1. The Kier molecular flexibility index (Phi) is 11.1. The number of nitrogens with one attached hydrogen (secondary N) is 3. The highest BCUT2D eigenvalue weighted by atomic mass is 35.5. The number of carboxylic acids is 2. The number of pyridine rings is 1. The lowest BCUT2D eigenvalue weighted by molar-refractivity contribution is -0.150. The normalized spacial score (nSPS) is 21.9. The van der Waals surface area contributed by atoms with Gasteiger partial charge in [-0.2, -0.15) is 0 Å². The number of aromatic nitrogens is 1. The number of halogens is 2. The number of hydrogen-bond acceptors (Lipinski definition) is 11. The quantitative estimate of drug-likeness (QED) is 0.132. The molecule has 4 atom stereocenters. The van der Waals surface area contributed by atoms with Gasteiger partial charge in [0.25, 0.3) is 5.91 Å². The predicted octanol–water partition coefficient (Wildman–Crippen LogP) is 3.17. The van der Waals surface area contributed by atoms with Gasteiger partial charge in [0, 0.05) is 35.5 Å². The van der Waals surface area contributed by atoms with E-state index in [1.54, 1.807) is 4.57 Å². The first-order valence-corrected chi connectivity index (χ1v) is 20.4. The van der Waals surface area contributed by atoms with Gasteiger partial charge < -0.3 is 35.6 Å². The van der Waals surface area contributed by atoms with E-state index in [4.69, 9.17) is 23.8 Å². The Morgan fingerprint density at radius 2 is 1.94 bits per heavy atom. The molecule has 2 aromatic heterocycles. The van der Waals surface area contributed by atoms with Gasteiger partial charge in [0.1, 0.15) is 38.5 Å². The van der Waals surface area contributed by atoms with E-state index in [1.165, 1.54) is 40.3 Å². The SMILES string of the molecule is O=C(Cc1cccs1)NC1C(=O)N2C(C(=O)O)=CC(CNC(=S)SCC(=O)N(c3c(F)cc4c(=O)c(C(=O)O)cn(C5CC5)c4c3Cl)C3CCNC3)SC12. The molecule has 1 aliphatic carbocycles. The number of thiocarbonyl (C=S) groups is 1. The second kappa shape index (κ2) is 15.6. The molecule has 2 saturated heterocycles. The highest BCUT2D eigenvalue weighted by Gasteiger charge is 2.54. The molecule has 7 rings (SSSR count). The largest absolute Gasteiger partial charge is 0.477 e. The van der Waals surface area contributed by atoms with E-state index in [9.17, 15) is 39.0 Å². The molecule has 3 aliphatic heterocycles. The van der Waals surface area contributed by atoms with E-state index >= 15 is 4.39 Å². The average molecular weight is 835 g/mol. The first kappa shape index (κ1) is 38.3. The number of amides is 3. The Hall–Kier alpha value is -4.01. The van der Waals surface area contributed by atoms with Crippen molar-refractivity contribution in [2.75, 3.05) is 30.3 Å². The Morgan fingerprint density at radius 3 is 2.59 bits per heavy atom. The number of aliphatic carboxylic acids is 1. The van der Waals surface area contributed by atoms with Gasteiger partial charge in [-0.05, 0) is 49.4 Å². The number of hydrogen-bond donors (Lipinski definition) is 5. The summed E-state index contributed by atoms with van der Waals surface area (Å²) < 4.78 is 17.8. The van der Waals surface area contributed by atoms with E-state index in [1.807, 2.05) is 17.5 Å². The highest BCUT2D eigenvalue weighted by molar-refractivity contribution is 8.23. The van der Waals surface area contributed by atoms with Gasteiger partial charge in [0.05, 0.1) is 34.1 Å². The van der Waals surface area contributed by atoms with Crippen LogP contribution in [-0.2, 0) is 25.6 Å². The minimum Gasteiger partial charge on any atom is -0.477 e. The Bertz CT molecular complexity index is 2170. The van der Waals surface area contributed by atoms with Crippen molar-refractivity contribution in [3.05, 3.63) is 73.1 Å². The fourth-order valence-corrected chi connectivity index (χ4v) is 10.1. The summed E-state index contributed by atoms with van der Waals surface area (Å²) in [5.74, 6) is -5.27. The number of nitrogens with zero attached hydrogens (tertiary/aromatic N) is 3. The first-order valence-electron chi connectivity index (χ1n) is 16.8.